The molecule has 0 fully saturated rings. The lowest BCUT2D eigenvalue weighted by Gasteiger charge is -2.32. The number of anilines is 1. The molecule has 1 aliphatic heterocycles. The standard InChI is InChI=1S/C31H37N3O4/c1-5-21(3)32-30(36)26(6-2)34(20-22-15-17-24(38-4)18-16-22)28(35)14-9-19-33-27-13-8-11-23-10-7-12-25(29(23)27)31(33)37/h7-8,10-13,15-18,21,26H,5-6,9,14,19-20H2,1-4H3,(H,32,36)/t21-,26-/m1/s1. The van der Waals surface area contributed by atoms with Gasteiger partial charge >= 0.3 is 0 Å². The molecule has 2 atom stereocenters. The van der Waals surface area contributed by atoms with E-state index < -0.39 is 6.04 Å². The molecule has 0 saturated carbocycles. The summed E-state index contributed by atoms with van der Waals surface area (Å²) in [5.74, 6) is 0.466. The van der Waals surface area contributed by atoms with Crippen molar-refractivity contribution in [2.45, 2.75) is 65.1 Å². The minimum atomic E-state index is -0.579. The Morgan fingerprint density at radius 2 is 1.71 bits per heavy atom. The molecule has 3 aromatic carbocycles. The van der Waals surface area contributed by atoms with Gasteiger partial charge < -0.3 is 19.9 Å². The molecule has 0 radical (unpaired) electrons. The van der Waals surface area contributed by atoms with Gasteiger partial charge in [0.2, 0.25) is 11.8 Å². The summed E-state index contributed by atoms with van der Waals surface area (Å²) < 4.78 is 5.26. The third-order valence-corrected chi connectivity index (χ3v) is 7.32. The van der Waals surface area contributed by atoms with Gasteiger partial charge in [0, 0.05) is 36.5 Å². The largest absolute Gasteiger partial charge is 0.497 e. The van der Waals surface area contributed by atoms with E-state index in [9.17, 15) is 14.4 Å². The average molecular weight is 516 g/mol. The molecule has 0 bridgehead atoms. The fourth-order valence-corrected chi connectivity index (χ4v) is 5.02. The first kappa shape index (κ1) is 27.2. The highest BCUT2D eigenvalue weighted by Crippen LogP contribution is 2.37. The maximum atomic E-state index is 13.6. The highest BCUT2D eigenvalue weighted by Gasteiger charge is 2.31. The van der Waals surface area contributed by atoms with Crippen LogP contribution in [0.1, 0.15) is 62.4 Å². The Hall–Kier alpha value is -3.87. The van der Waals surface area contributed by atoms with Crippen LogP contribution in [0.4, 0.5) is 5.69 Å². The van der Waals surface area contributed by atoms with Gasteiger partial charge in [0.1, 0.15) is 11.8 Å². The predicted octanol–water partition coefficient (Wildman–Crippen LogP) is 5.31. The maximum Gasteiger partial charge on any atom is 0.258 e. The van der Waals surface area contributed by atoms with Gasteiger partial charge in [-0.15, -0.1) is 0 Å². The van der Waals surface area contributed by atoms with Crippen molar-refractivity contribution < 1.29 is 19.1 Å². The third-order valence-electron chi connectivity index (χ3n) is 7.32. The van der Waals surface area contributed by atoms with E-state index in [4.69, 9.17) is 4.74 Å². The van der Waals surface area contributed by atoms with Crippen molar-refractivity contribution in [1.82, 2.24) is 10.2 Å². The molecule has 0 unspecified atom stereocenters. The van der Waals surface area contributed by atoms with Crippen LogP contribution in [-0.2, 0) is 16.1 Å². The Morgan fingerprint density at radius 1 is 1.00 bits per heavy atom. The summed E-state index contributed by atoms with van der Waals surface area (Å²) in [6, 6.07) is 18.7. The first-order chi connectivity index (χ1) is 18.4. The van der Waals surface area contributed by atoms with Crippen LogP contribution < -0.4 is 15.0 Å². The van der Waals surface area contributed by atoms with Crippen molar-refractivity contribution in [2.75, 3.05) is 18.6 Å². The molecular weight excluding hydrogens is 478 g/mol. The van der Waals surface area contributed by atoms with E-state index in [1.54, 1.807) is 16.9 Å². The van der Waals surface area contributed by atoms with Gasteiger partial charge in [-0.05, 0) is 61.4 Å². The number of carbonyl (C=O) groups excluding carboxylic acids is 3. The smallest absolute Gasteiger partial charge is 0.258 e. The molecule has 1 heterocycles. The minimum Gasteiger partial charge on any atom is -0.497 e. The first-order valence-electron chi connectivity index (χ1n) is 13.4. The zero-order valence-corrected chi connectivity index (χ0v) is 22.7. The number of rotatable bonds is 12. The van der Waals surface area contributed by atoms with Crippen LogP contribution in [0, 0.1) is 0 Å². The number of hydrogen-bond donors (Lipinski definition) is 1. The maximum absolute atomic E-state index is 13.6. The van der Waals surface area contributed by atoms with Crippen molar-refractivity contribution in [1.29, 1.82) is 0 Å². The first-order valence-corrected chi connectivity index (χ1v) is 13.4. The van der Waals surface area contributed by atoms with Crippen LogP contribution in [0.15, 0.2) is 60.7 Å². The van der Waals surface area contributed by atoms with Gasteiger partial charge in [-0.25, -0.2) is 0 Å². The van der Waals surface area contributed by atoms with Crippen LogP contribution in [0.3, 0.4) is 0 Å². The van der Waals surface area contributed by atoms with Crippen LogP contribution in [0.25, 0.3) is 10.8 Å². The second-order valence-electron chi connectivity index (χ2n) is 9.85. The summed E-state index contributed by atoms with van der Waals surface area (Å²) in [6.45, 7) is 6.67. The summed E-state index contributed by atoms with van der Waals surface area (Å²) in [7, 11) is 1.61. The molecule has 38 heavy (non-hydrogen) atoms. The normalized spacial score (nSPS) is 13.9. The summed E-state index contributed by atoms with van der Waals surface area (Å²) in [5.41, 5.74) is 2.52. The zero-order chi connectivity index (χ0) is 27.2. The summed E-state index contributed by atoms with van der Waals surface area (Å²) in [6.07, 6.45) is 2.05. The fourth-order valence-electron chi connectivity index (χ4n) is 5.02. The van der Waals surface area contributed by atoms with Gasteiger partial charge in [-0.1, -0.05) is 50.2 Å². The molecule has 200 valence electrons. The van der Waals surface area contributed by atoms with Crippen molar-refractivity contribution in [3.05, 3.63) is 71.8 Å². The van der Waals surface area contributed by atoms with E-state index in [0.29, 0.717) is 31.5 Å². The quantitative estimate of drug-likeness (QED) is 0.355. The Balaban J connectivity index is 1.49. The number of ether oxygens (including phenoxy) is 1. The van der Waals surface area contributed by atoms with Gasteiger partial charge in [-0.3, -0.25) is 14.4 Å². The molecule has 0 saturated heterocycles. The SMILES string of the molecule is CC[C@@H](C)NC(=O)[C@@H](CC)N(Cc1ccc(OC)cc1)C(=O)CCCN1C(=O)c2cccc3cccc1c23. The molecule has 1 N–H and O–H groups in total. The van der Waals surface area contributed by atoms with Crippen LogP contribution in [0.5, 0.6) is 5.75 Å². The molecule has 7 heteroatoms. The summed E-state index contributed by atoms with van der Waals surface area (Å²) in [4.78, 5) is 43.3. The van der Waals surface area contributed by atoms with Crippen molar-refractivity contribution in [3.8, 4) is 5.75 Å². The lowest BCUT2D eigenvalue weighted by Crippen LogP contribution is -2.50. The monoisotopic (exact) mass is 515 g/mol. The number of nitrogens with zero attached hydrogens (tertiary/aromatic N) is 2. The number of amides is 3. The van der Waals surface area contributed by atoms with Gasteiger partial charge in [-0.2, -0.15) is 0 Å². The van der Waals surface area contributed by atoms with Gasteiger partial charge in [0.15, 0.2) is 0 Å². The van der Waals surface area contributed by atoms with E-state index in [1.807, 2.05) is 81.4 Å². The second kappa shape index (κ2) is 12.1. The molecule has 0 aromatic heterocycles. The molecule has 4 rings (SSSR count). The Bertz CT molecular complexity index is 1300. The molecule has 0 spiro atoms. The number of carbonyl (C=O) groups is 3. The van der Waals surface area contributed by atoms with E-state index in [-0.39, 0.29) is 30.2 Å². The Kier molecular flexibility index (Phi) is 8.66. The highest BCUT2D eigenvalue weighted by atomic mass is 16.5. The molecule has 1 aliphatic rings. The van der Waals surface area contributed by atoms with Crippen LogP contribution in [-0.4, -0.2) is 48.4 Å². The lowest BCUT2D eigenvalue weighted by molar-refractivity contribution is -0.141. The molecular formula is C31H37N3O4. The van der Waals surface area contributed by atoms with Gasteiger partial charge in [0.25, 0.3) is 5.91 Å². The topological polar surface area (TPSA) is 79.0 Å². The average Bonchev–Trinajstić information content (AvgIpc) is 3.21. The Morgan fingerprint density at radius 3 is 2.37 bits per heavy atom. The lowest BCUT2D eigenvalue weighted by atomic mass is 10.1. The van der Waals surface area contributed by atoms with Crippen LogP contribution in [0.2, 0.25) is 0 Å². The van der Waals surface area contributed by atoms with E-state index >= 15 is 0 Å². The number of hydrogen-bond acceptors (Lipinski definition) is 4. The molecule has 0 aliphatic carbocycles. The second-order valence-corrected chi connectivity index (χ2v) is 9.85. The minimum absolute atomic E-state index is 0.0278. The van der Waals surface area contributed by atoms with Crippen molar-refractivity contribution in [3.63, 3.8) is 0 Å². The number of nitrogens with one attached hydrogen (secondary N) is 1. The third kappa shape index (κ3) is 5.67. The Labute approximate surface area is 224 Å². The molecule has 3 amide bonds. The van der Waals surface area contributed by atoms with E-state index in [0.717, 1.165) is 34.2 Å². The fraction of sp³-hybridized carbons (Fsp3) is 0.387. The van der Waals surface area contributed by atoms with E-state index in [2.05, 4.69) is 5.32 Å². The zero-order valence-electron chi connectivity index (χ0n) is 22.7. The number of benzene rings is 3. The van der Waals surface area contributed by atoms with Crippen LogP contribution >= 0.6 is 0 Å². The highest BCUT2D eigenvalue weighted by molar-refractivity contribution is 6.25. The van der Waals surface area contributed by atoms with Crippen molar-refractivity contribution in [2.24, 2.45) is 0 Å². The molecule has 3 aromatic rings. The van der Waals surface area contributed by atoms with Crippen molar-refractivity contribution >= 4 is 34.2 Å². The molecule has 7 nitrogen and oxygen atoms in total. The predicted molar refractivity (Wildman–Crippen MR) is 150 cm³/mol. The van der Waals surface area contributed by atoms with Gasteiger partial charge in [0.05, 0.1) is 12.8 Å². The van der Waals surface area contributed by atoms with E-state index in [1.165, 1.54) is 0 Å². The number of methoxy groups -OCH3 is 1. The summed E-state index contributed by atoms with van der Waals surface area (Å²) >= 11 is 0. The summed E-state index contributed by atoms with van der Waals surface area (Å²) in [5, 5.41) is 5.05.